The van der Waals surface area contributed by atoms with E-state index >= 15 is 0 Å². The lowest BCUT2D eigenvalue weighted by Crippen LogP contribution is -2.67. The number of aromatic amines is 1. The van der Waals surface area contributed by atoms with Gasteiger partial charge in [0.1, 0.15) is 30.5 Å². The highest BCUT2D eigenvalue weighted by atomic mass is 16.7. The summed E-state index contributed by atoms with van der Waals surface area (Å²) < 4.78 is 19.7. The van der Waals surface area contributed by atoms with Crippen LogP contribution in [0, 0.1) is 13.8 Å². The van der Waals surface area contributed by atoms with Gasteiger partial charge in [0.05, 0.1) is 23.2 Å². The lowest BCUT2D eigenvalue weighted by Gasteiger charge is -2.46. The van der Waals surface area contributed by atoms with Gasteiger partial charge in [0, 0.05) is 44.7 Å². The van der Waals surface area contributed by atoms with Crippen molar-refractivity contribution in [1.82, 2.24) is 24.8 Å². The molecule has 0 spiro atoms. The van der Waals surface area contributed by atoms with E-state index < -0.39 is 72.3 Å². The van der Waals surface area contributed by atoms with Crippen LogP contribution >= 0.6 is 0 Å². The van der Waals surface area contributed by atoms with E-state index in [-0.39, 0.29) is 30.4 Å². The fraction of sp³-hybridized carbons (Fsp3) is 0.694. The quantitative estimate of drug-likeness (QED) is 0.0551. The number of nitrogens with two attached hydrogens (primary N) is 4. The third kappa shape index (κ3) is 9.86. The molecule has 5 rings (SSSR count). The number of aromatic nitrogens is 4. The molecule has 3 aliphatic heterocycles. The van der Waals surface area contributed by atoms with Gasteiger partial charge in [-0.2, -0.15) is 4.98 Å². The van der Waals surface area contributed by atoms with Gasteiger partial charge in [-0.3, -0.25) is 14.6 Å². The maximum absolute atomic E-state index is 12.5. The van der Waals surface area contributed by atoms with Gasteiger partial charge < -0.3 is 62.3 Å². The number of hydrogen-bond acceptors (Lipinski definition) is 15. The molecule has 300 valence electrons. The number of carbonyl (C=O) groups is 1. The summed E-state index contributed by atoms with van der Waals surface area (Å²) in [5, 5.41) is 34.4. The van der Waals surface area contributed by atoms with E-state index in [1.165, 1.54) is 0 Å². The van der Waals surface area contributed by atoms with Crippen molar-refractivity contribution in [3.8, 4) is 11.5 Å². The smallest absolute Gasteiger partial charge is 0.349 e. The minimum atomic E-state index is -1.32. The average Bonchev–Trinajstić information content (AvgIpc) is 3.13. The van der Waals surface area contributed by atoms with E-state index in [1.54, 1.807) is 0 Å². The fourth-order valence-electron chi connectivity index (χ4n) is 7.19. The molecular formula is C36H57N9O9. The molecule has 0 aromatic heterocycles. The van der Waals surface area contributed by atoms with Gasteiger partial charge in [0.25, 0.3) is 5.56 Å². The zero-order valence-electron chi connectivity index (χ0n) is 31.1. The minimum Gasteiger partial charge on any atom is -0.389 e. The topological polar surface area (TPSA) is 302 Å². The van der Waals surface area contributed by atoms with Gasteiger partial charge in [-0.15, -0.1) is 0 Å². The molecule has 3 heterocycles. The number of carbonyl (C=O) groups excluding carboxylic acids is 1. The molecular weight excluding hydrogens is 702 g/mol. The van der Waals surface area contributed by atoms with Gasteiger partial charge in [-0.25, -0.2) is 9.78 Å². The summed E-state index contributed by atoms with van der Waals surface area (Å²) in [5.74, 6) is 0.231. The number of unbranched alkanes of at least 4 members (excludes halogenated alkanes) is 5. The van der Waals surface area contributed by atoms with E-state index in [9.17, 15) is 29.7 Å². The summed E-state index contributed by atoms with van der Waals surface area (Å²) in [6, 6.07) is 1.63. The van der Waals surface area contributed by atoms with Crippen molar-refractivity contribution in [2.45, 2.75) is 139 Å². The van der Waals surface area contributed by atoms with Crippen molar-refractivity contribution in [2.24, 2.45) is 22.9 Å². The Morgan fingerprint density at radius 2 is 1.67 bits per heavy atom. The number of nitrogens with one attached hydrogen (secondary N) is 2. The van der Waals surface area contributed by atoms with Crippen LogP contribution in [0.5, 0.6) is 0 Å². The number of amides is 1. The summed E-state index contributed by atoms with van der Waals surface area (Å²) in [6.07, 6.45) is -1.36. The summed E-state index contributed by atoms with van der Waals surface area (Å²) in [6.45, 7) is 5.29. The Hall–Kier alpha value is -3.43. The second-order valence-corrected chi connectivity index (χ2v) is 14.6. The molecule has 4 aliphatic rings. The van der Waals surface area contributed by atoms with Crippen molar-refractivity contribution in [1.29, 1.82) is 0 Å². The molecule has 1 saturated carbocycles. The predicted octanol–water partition coefficient (Wildman–Crippen LogP) is -1.64. The van der Waals surface area contributed by atoms with Crippen LogP contribution in [-0.2, 0) is 25.5 Å². The van der Waals surface area contributed by atoms with E-state index in [4.69, 9.17) is 37.1 Å². The van der Waals surface area contributed by atoms with Crippen molar-refractivity contribution < 1.29 is 34.3 Å². The fourth-order valence-corrected chi connectivity index (χ4v) is 7.19. The van der Waals surface area contributed by atoms with Gasteiger partial charge in [0.15, 0.2) is 17.8 Å². The third-order valence-electron chi connectivity index (χ3n) is 10.6. The molecule has 18 heteroatoms. The van der Waals surface area contributed by atoms with Crippen LogP contribution in [0.3, 0.4) is 0 Å². The molecule has 1 aromatic carbocycles. The number of aliphatic hydroxyl groups excluding tert-OH is 3. The predicted molar refractivity (Wildman–Crippen MR) is 199 cm³/mol. The van der Waals surface area contributed by atoms with Crippen molar-refractivity contribution in [3.05, 3.63) is 44.1 Å². The second kappa shape index (κ2) is 18.9. The van der Waals surface area contributed by atoms with Crippen molar-refractivity contribution in [3.63, 3.8) is 0 Å². The number of ether oxygens (including phenoxy) is 3. The first-order valence-corrected chi connectivity index (χ1v) is 18.9. The van der Waals surface area contributed by atoms with Crippen molar-refractivity contribution >= 4 is 16.9 Å². The number of aliphatic hydroxyl groups is 3. The number of hydrogen-bond donors (Lipinski definition) is 9. The first-order chi connectivity index (χ1) is 25.8. The number of aryl methyl sites for hydroxylation is 3. The first kappa shape index (κ1) is 41.7. The maximum Gasteiger partial charge on any atom is 0.349 e. The number of nitrogens with zero attached hydrogens (tertiary/aromatic N) is 3. The molecule has 0 radical (unpaired) electrons. The summed E-state index contributed by atoms with van der Waals surface area (Å²) >= 11 is 0. The highest BCUT2D eigenvalue weighted by molar-refractivity contribution is 5.81. The average molecular weight is 760 g/mol. The number of fused-ring (bicyclic) bond motifs is 2. The van der Waals surface area contributed by atoms with Gasteiger partial charge in [0.2, 0.25) is 5.91 Å². The second-order valence-electron chi connectivity index (χ2n) is 14.6. The van der Waals surface area contributed by atoms with Crippen LogP contribution in [0.2, 0.25) is 0 Å². The highest BCUT2D eigenvalue weighted by Crippen LogP contribution is 2.29. The zero-order valence-corrected chi connectivity index (χ0v) is 31.1. The van der Waals surface area contributed by atoms with Crippen LogP contribution in [0.15, 0.2) is 21.7 Å². The summed E-state index contributed by atoms with van der Waals surface area (Å²) in [7, 11) is 0. The highest BCUT2D eigenvalue weighted by Gasteiger charge is 2.48. The lowest BCUT2D eigenvalue weighted by atomic mass is 9.84. The third-order valence-corrected chi connectivity index (χ3v) is 10.6. The largest absolute Gasteiger partial charge is 0.389 e. The Labute approximate surface area is 313 Å². The first-order valence-electron chi connectivity index (χ1n) is 18.9. The number of H-pyrrole nitrogens is 1. The van der Waals surface area contributed by atoms with Crippen LogP contribution in [-0.4, -0.2) is 121 Å². The van der Waals surface area contributed by atoms with Crippen LogP contribution in [0.1, 0.15) is 68.9 Å². The zero-order chi connectivity index (χ0) is 39.1. The van der Waals surface area contributed by atoms with E-state index in [1.807, 2.05) is 30.5 Å². The molecule has 0 bridgehead atoms. The molecule has 2 fully saturated rings. The van der Waals surface area contributed by atoms with Gasteiger partial charge in [-0.1, -0.05) is 19.3 Å². The molecule has 1 saturated heterocycles. The lowest BCUT2D eigenvalue weighted by molar-refractivity contribution is -0.291. The standard InChI is InChI=1S/C36H57N9O9/c1-18-14-22-23(15-19(18)2)45(33-27(42-22)34(50)44-36(51)43-33)12-8-5-6-10-25(46)41-11-7-3-4-9-13-52-32-28(47)20(38)16-21(39)31(32)54-35-26(40)30(49)29(48)24(17-37)53-35/h14-15,20-21,24,26,28-32,35,47-49H,3-13,16-17,37-40H2,1-2H3,(H,41,46)(H,44,50,51)/t20-,21+,24-,26-,28+,29-,30-,31-,32-,35-/m1/s1. The van der Waals surface area contributed by atoms with Crippen LogP contribution in [0.25, 0.3) is 22.6 Å². The molecule has 13 N–H and O–H groups in total. The monoisotopic (exact) mass is 759 g/mol. The SMILES string of the molecule is Cc1cc2nc3c(=O)[nH]c(=O)nc-3n(CCCCCC(=O)NCCCCCCO[C@@H]3[C@@H](O)[C@H](N)C[C@H](N)[C@H]3O[C@H]3O[C@H](CN)[C@@H](O)[C@H](O)[C@H]3N)c2cc1C. The maximum atomic E-state index is 12.5. The molecule has 54 heavy (non-hydrogen) atoms. The summed E-state index contributed by atoms with van der Waals surface area (Å²) in [4.78, 5) is 47.8. The number of benzene rings is 1. The molecule has 10 atom stereocenters. The Morgan fingerprint density at radius 1 is 0.944 bits per heavy atom. The van der Waals surface area contributed by atoms with Gasteiger partial charge >= 0.3 is 5.69 Å². The Morgan fingerprint density at radius 3 is 2.43 bits per heavy atom. The van der Waals surface area contributed by atoms with E-state index in [0.29, 0.717) is 44.5 Å². The minimum absolute atomic E-state index is 0.0208. The van der Waals surface area contributed by atoms with E-state index in [2.05, 4.69) is 20.3 Å². The van der Waals surface area contributed by atoms with Crippen molar-refractivity contribution in [2.75, 3.05) is 19.7 Å². The number of rotatable bonds is 17. The Bertz CT molecular complexity index is 1790. The molecule has 1 aliphatic carbocycles. The van der Waals surface area contributed by atoms with E-state index in [0.717, 1.165) is 48.7 Å². The van der Waals surface area contributed by atoms with Crippen LogP contribution < -0.4 is 39.5 Å². The van der Waals surface area contributed by atoms with Crippen LogP contribution in [0.4, 0.5) is 0 Å². The van der Waals surface area contributed by atoms with Gasteiger partial charge in [-0.05, 0) is 69.2 Å². The molecule has 0 unspecified atom stereocenters. The Kier molecular flexibility index (Phi) is 14.6. The molecule has 18 nitrogen and oxygen atoms in total. The summed E-state index contributed by atoms with van der Waals surface area (Å²) in [5.41, 5.74) is 26.6. The normalized spacial score (nSPS) is 28.8. The Balaban J connectivity index is 0.995. The molecule has 1 aromatic rings. The molecule has 1 amide bonds.